The number of carbonyl (C=O) groups is 1. The summed E-state index contributed by atoms with van der Waals surface area (Å²) in [5.41, 5.74) is 2.48. The molecule has 1 saturated carbocycles. The quantitative estimate of drug-likeness (QED) is 0.868. The number of hydrogen-bond donors (Lipinski definition) is 1. The van der Waals surface area contributed by atoms with Crippen molar-refractivity contribution in [2.75, 3.05) is 0 Å². The molecule has 1 N–H and O–H groups in total. The summed E-state index contributed by atoms with van der Waals surface area (Å²) < 4.78 is 5.31. The van der Waals surface area contributed by atoms with Gasteiger partial charge in [-0.2, -0.15) is 0 Å². The van der Waals surface area contributed by atoms with E-state index in [2.05, 4.69) is 24.4 Å². The van der Waals surface area contributed by atoms with Crippen LogP contribution in [0.4, 0.5) is 4.79 Å². The molecule has 0 heterocycles. The fourth-order valence-electron chi connectivity index (χ4n) is 1.80. The Labute approximate surface area is 102 Å². The first-order chi connectivity index (χ1) is 8.15. The third-order valence-corrected chi connectivity index (χ3v) is 2.98. The Hall–Kier alpha value is -1.51. The van der Waals surface area contributed by atoms with Gasteiger partial charge in [0.15, 0.2) is 0 Å². The Morgan fingerprint density at radius 1 is 1.47 bits per heavy atom. The zero-order valence-corrected chi connectivity index (χ0v) is 10.4. The molecule has 0 spiro atoms. The maximum absolute atomic E-state index is 11.4. The number of carbonyl (C=O) groups excluding carboxylic acids is 1. The molecular weight excluding hydrogens is 214 g/mol. The molecule has 0 saturated heterocycles. The Morgan fingerprint density at radius 3 is 2.82 bits per heavy atom. The molecule has 1 amide bonds. The van der Waals surface area contributed by atoms with E-state index in [4.69, 9.17) is 4.74 Å². The molecule has 17 heavy (non-hydrogen) atoms. The van der Waals surface area contributed by atoms with Gasteiger partial charge in [0.2, 0.25) is 0 Å². The van der Waals surface area contributed by atoms with Crippen molar-refractivity contribution in [2.45, 2.75) is 45.3 Å². The molecule has 0 aliphatic heterocycles. The predicted octanol–water partition coefficient (Wildman–Crippen LogP) is 2.81. The fourth-order valence-corrected chi connectivity index (χ4v) is 1.80. The highest BCUT2D eigenvalue weighted by molar-refractivity contribution is 5.68. The van der Waals surface area contributed by atoms with Crippen molar-refractivity contribution in [1.29, 1.82) is 0 Å². The Bertz CT molecular complexity index is 399. The van der Waals surface area contributed by atoms with Crippen LogP contribution in [0.5, 0.6) is 0 Å². The van der Waals surface area contributed by atoms with Crippen molar-refractivity contribution >= 4 is 6.09 Å². The SMILES string of the molecule is Cc1ccccc1CC(C)OC(=O)NC1CC1. The Morgan fingerprint density at radius 2 is 2.18 bits per heavy atom. The molecule has 1 aromatic rings. The molecule has 1 aromatic carbocycles. The highest BCUT2D eigenvalue weighted by Crippen LogP contribution is 2.19. The average Bonchev–Trinajstić information content (AvgIpc) is 3.05. The largest absolute Gasteiger partial charge is 0.446 e. The van der Waals surface area contributed by atoms with Crippen molar-refractivity contribution in [3.05, 3.63) is 35.4 Å². The molecule has 0 radical (unpaired) electrons. The minimum Gasteiger partial charge on any atom is -0.446 e. The number of aryl methyl sites for hydroxylation is 1. The van der Waals surface area contributed by atoms with Gasteiger partial charge in [-0.05, 0) is 37.8 Å². The number of hydrogen-bond acceptors (Lipinski definition) is 2. The van der Waals surface area contributed by atoms with Gasteiger partial charge in [0.25, 0.3) is 0 Å². The second-order valence-corrected chi connectivity index (χ2v) is 4.77. The number of ether oxygens (including phenoxy) is 1. The van der Waals surface area contributed by atoms with Crippen LogP contribution in [0.15, 0.2) is 24.3 Å². The van der Waals surface area contributed by atoms with E-state index in [1.165, 1.54) is 11.1 Å². The molecule has 0 aromatic heterocycles. The molecule has 92 valence electrons. The Balaban J connectivity index is 1.81. The summed E-state index contributed by atoms with van der Waals surface area (Å²) in [6.07, 6.45) is 2.57. The van der Waals surface area contributed by atoms with Gasteiger partial charge in [-0.25, -0.2) is 4.79 Å². The molecular formula is C14H19NO2. The van der Waals surface area contributed by atoms with Crippen LogP contribution in [0.25, 0.3) is 0 Å². The third kappa shape index (κ3) is 3.77. The number of rotatable bonds is 4. The summed E-state index contributed by atoms with van der Waals surface area (Å²) in [4.78, 5) is 11.4. The second kappa shape index (κ2) is 5.21. The summed E-state index contributed by atoms with van der Waals surface area (Å²) in [5.74, 6) is 0. The lowest BCUT2D eigenvalue weighted by Gasteiger charge is -2.15. The van der Waals surface area contributed by atoms with Crippen LogP contribution >= 0.6 is 0 Å². The maximum Gasteiger partial charge on any atom is 0.407 e. The zero-order valence-electron chi connectivity index (χ0n) is 10.4. The first-order valence-corrected chi connectivity index (χ1v) is 6.17. The molecule has 0 bridgehead atoms. The number of nitrogens with one attached hydrogen (secondary N) is 1. The lowest BCUT2D eigenvalue weighted by Crippen LogP contribution is -2.30. The van der Waals surface area contributed by atoms with Crippen LogP contribution < -0.4 is 5.32 Å². The molecule has 1 fully saturated rings. The summed E-state index contributed by atoms with van der Waals surface area (Å²) in [6, 6.07) is 8.54. The van der Waals surface area contributed by atoms with Crippen molar-refractivity contribution in [3.63, 3.8) is 0 Å². The first-order valence-electron chi connectivity index (χ1n) is 6.17. The smallest absolute Gasteiger partial charge is 0.407 e. The fraction of sp³-hybridized carbons (Fsp3) is 0.500. The molecule has 1 atom stereocenters. The van der Waals surface area contributed by atoms with E-state index in [1.807, 2.05) is 19.1 Å². The maximum atomic E-state index is 11.4. The van der Waals surface area contributed by atoms with Crippen molar-refractivity contribution in [1.82, 2.24) is 5.32 Å². The second-order valence-electron chi connectivity index (χ2n) is 4.77. The highest BCUT2D eigenvalue weighted by Gasteiger charge is 2.24. The topological polar surface area (TPSA) is 38.3 Å². The molecule has 3 heteroatoms. The number of amides is 1. The predicted molar refractivity (Wildman–Crippen MR) is 67.0 cm³/mol. The van der Waals surface area contributed by atoms with Crippen LogP contribution in [0.2, 0.25) is 0 Å². The van der Waals surface area contributed by atoms with Crippen molar-refractivity contribution < 1.29 is 9.53 Å². The summed E-state index contributed by atoms with van der Waals surface area (Å²) in [5, 5.41) is 2.82. The van der Waals surface area contributed by atoms with Crippen molar-refractivity contribution in [2.24, 2.45) is 0 Å². The van der Waals surface area contributed by atoms with Crippen molar-refractivity contribution in [3.8, 4) is 0 Å². The van der Waals surface area contributed by atoms with Gasteiger partial charge in [0.1, 0.15) is 6.10 Å². The van der Waals surface area contributed by atoms with Gasteiger partial charge < -0.3 is 10.1 Å². The molecule has 1 aliphatic rings. The van der Waals surface area contributed by atoms with Gasteiger partial charge in [0.05, 0.1) is 0 Å². The van der Waals surface area contributed by atoms with Crippen LogP contribution in [0, 0.1) is 6.92 Å². The van der Waals surface area contributed by atoms with E-state index in [1.54, 1.807) is 0 Å². The normalized spacial score (nSPS) is 16.4. The lowest BCUT2D eigenvalue weighted by molar-refractivity contribution is 0.106. The third-order valence-electron chi connectivity index (χ3n) is 2.98. The molecule has 1 aliphatic carbocycles. The van der Waals surface area contributed by atoms with E-state index >= 15 is 0 Å². The van der Waals surface area contributed by atoms with Crippen LogP contribution in [0.3, 0.4) is 0 Å². The van der Waals surface area contributed by atoms with Gasteiger partial charge in [-0.3, -0.25) is 0 Å². The van der Waals surface area contributed by atoms with Gasteiger partial charge in [-0.15, -0.1) is 0 Å². The zero-order chi connectivity index (χ0) is 12.3. The standard InChI is InChI=1S/C14H19NO2/c1-10-5-3-4-6-12(10)9-11(2)17-14(16)15-13-7-8-13/h3-6,11,13H,7-9H2,1-2H3,(H,15,16). The van der Waals surface area contributed by atoms with E-state index < -0.39 is 0 Å². The summed E-state index contributed by atoms with van der Waals surface area (Å²) in [7, 11) is 0. The molecule has 3 nitrogen and oxygen atoms in total. The lowest BCUT2D eigenvalue weighted by atomic mass is 10.0. The van der Waals surface area contributed by atoms with E-state index in [9.17, 15) is 4.79 Å². The summed E-state index contributed by atoms with van der Waals surface area (Å²) >= 11 is 0. The monoisotopic (exact) mass is 233 g/mol. The van der Waals surface area contributed by atoms with E-state index in [0.717, 1.165) is 19.3 Å². The molecule has 2 rings (SSSR count). The van der Waals surface area contributed by atoms with E-state index in [-0.39, 0.29) is 12.2 Å². The van der Waals surface area contributed by atoms with Gasteiger partial charge in [0, 0.05) is 12.5 Å². The van der Waals surface area contributed by atoms with Crippen LogP contribution in [-0.2, 0) is 11.2 Å². The number of alkyl carbamates (subject to hydrolysis) is 1. The number of benzene rings is 1. The van der Waals surface area contributed by atoms with Crippen LogP contribution in [-0.4, -0.2) is 18.2 Å². The Kier molecular flexibility index (Phi) is 3.67. The first kappa shape index (κ1) is 12.0. The minimum atomic E-state index is -0.284. The highest BCUT2D eigenvalue weighted by atomic mass is 16.6. The summed E-state index contributed by atoms with van der Waals surface area (Å²) in [6.45, 7) is 4.01. The van der Waals surface area contributed by atoms with E-state index in [0.29, 0.717) is 6.04 Å². The molecule has 1 unspecified atom stereocenters. The van der Waals surface area contributed by atoms with Gasteiger partial charge in [-0.1, -0.05) is 24.3 Å². The average molecular weight is 233 g/mol. The minimum absolute atomic E-state index is 0.0881. The van der Waals surface area contributed by atoms with Crippen LogP contribution in [0.1, 0.15) is 30.9 Å². The van der Waals surface area contributed by atoms with Gasteiger partial charge >= 0.3 is 6.09 Å².